The van der Waals surface area contributed by atoms with E-state index < -0.39 is 60.3 Å². The van der Waals surface area contributed by atoms with Gasteiger partial charge in [0.2, 0.25) is 5.91 Å². The van der Waals surface area contributed by atoms with Crippen LogP contribution in [0.15, 0.2) is 36.4 Å². The molecular weight excluding hydrogens is 696 g/mol. The molecule has 2 amide bonds. The lowest BCUT2D eigenvalue weighted by Crippen LogP contribution is -2.55. The Kier molecular flexibility index (Phi) is 23.6. The molecule has 0 saturated carbocycles. The Hall–Kier alpha value is -4.70. The molecular formula is C41H60N2O11. The number of ketones is 1. The first-order chi connectivity index (χ1) is 25.8. The van der Waals surface area contributed by atoms with Crippen LogP contribution in [0.3, 0.4) is 0 Å². The van der Waals surface area contributed by atoms with Crippen molar-refractivity contribution in [1.29, 1.82) is 0 Å². The Balaban J connectivity index is 3.13. The topological polar surface area (TPSA) is 197 Å². The van der Waals surface area contributed by atoms with Crippen LogP contribution in [0.2, 0.25) is 0 Å². The first-order valence-electron chi connectivity index (χ1n) is 19.0. The number of rotatable bonds is 29. The summed E-state index contributed by atoms with van der Waals surface area (Å²) in [5, 5.41) is 33.0. The third-order valence-electron chi connectivity index (χ3n) is 8.96. The van der Waals surface area contributed by atoms with Gasteiger partial charge in [-0.2, -0.15) is 0 Å². The van der Waals surface area contributed by atoms with Crippen LogP contribution in [0, 0.1) is 17.8 Å². The van der Waals surface area contributed by atoms with E-state index in [0.717, 1.165) is 51.0 Å². The number of hydrogen-bond acceptors (Lipinski definition) is 9. The van der Waals surface area contributed by atoms with Crippen molar-refractivity contribution in [1.82, 2.24) is 10.2 Å². The van der Waals surface area contributed by atoms with Crippen LogP contribution in [-0.2, 0) is 39.9 Å². The van der Waals surface area contributed by atoms with Crippen molar-refractivity contribution >= 4 is 35.5 Å². The second-order valence-electron chi connectivity index (χ2n) is 13.2. The molecule has 4 N–H and O–H groups in total. The Bertz CT molecular complexity index is 1430. The number of aliphatic hydroxyl groups is 1. The quantitative estimate of drug-likeness (QED) is 0.0360. The van der Waals surface area contributed by atoms with Gasteiger partial charge in [0.15, 0.2) is 12.2 Å². The molecule has 0 radical (unpaired) electrons. The van der Waals surface area contributed by atoms with Crippen molar-refractivity contribution in [3.63, 3.8) is 0 Å². The lowest BCUT2D eigenvalue weighted by molar-refractivity contribution is -0.172. The number of carboxylic acids is 2. The monoisotopic (exact) mass is 756 g/mol. The summed E-state index contributed by atoms with van der Waals surface area (Å²) in [6, 6.07) is 5.10. The first kappa shape index (κ1) is 47.3. The lowest BCUT2D eigenvalue weighted by atomic mass is 9.82. The van der Waals surface area contributed by atoms with E-state index in [1.54, 1.807) is 45.0 Å². The average molecular weight is 757 g/mol. The van der Waals surface area contributed by atoms with E-state index in [-0.39, 0.29) is 18.8 Å². The Morgan fingerprint density at radius 1 is 0.889 bits per heavy atom. The normalized spacial score (nSPS) is 13.1. The molecule has 0 fully saturated rings. The van der Waals surface area contributed by atoms with Crippen LogP contribution in [0.4, 0.5) is 0 Å². The molecule has 0 saturated heterocycles. The molecule has 0 aliphatic heterocycles. The largest absolute Gasteiger partial charge is 0.481 e. The maximum Gasteiger partial charge on any atom is 0.337 e. The van der Waals surface area contributed by atoms with Crippen molar-refractivity contribution in [2.75, 3.05) is 26.3 Å². The highest BCUT2D eigenvalue weighted by molar-refractivity contribution is 5.95. The number of amides is 2. The number of carbonyl (C=O) groups is 6. The van der Waals surface area contributed by atoms with Crippen molar-refractivity contribution in [3.8, 4) is 17.6 Å². The summed E-state index contributed by atoms with van der Waals surface area (Å²) in [6.45, 7) is 7.69. The number of likely N-dealkylation sites (N-methyl/N-ethyl adjacent to an activating group) is 1. The van der Waals surface area contributed by atoms with Crippen LogP contribution >= 0.6 is 0 Å². The highest BCUT2D eigenvalue weighted by atomic mass is 16.5. The minimum absolute atomic E-state index is 0.151. The third-order valence-corrected chi connectivity index (χ3v) is 8.96. The summed E-state index contributed by atoms with van der Waals surface area (Å²) in [6.07, 6.45) is 11.1. The van der Waals surface area contributed by atoms with Crippen molar-refractivity contribution < 1.29 is 53.6 Å². The Morgan fingerprint density at radius 3 is 2.06 bits per heavy atom. The molecule has 0 heterocycles. The van der Waals surface area contributed by atoms with Gasteiger partial charge in [0.1, 0.15) is 24.2 Å². The summed E-state index contributed by atoms with van der Waals surface area (Å²) in [5.74, 6) is -1.81. The molecule has 3 atom stereocenters. The molecule has 300 valence electrons. The second kappa shape index (κ2) is 27.0. The van der Waals surface area contributed by atoms with Gasteiger partial charge in [-0.05, 0) is 64.2 Å². The van der Waals surface area contributed by atoms with Crippen LogP contribution in [-0.4, -0.2) is 93.7 Å². The predicted molar refractivity (Wildman–Crippen MR) is 203 cm³/mol. The van der Waals surface area contributed by atoms with Gasteiger partial charge < -0.3 is 35.0 Å². The number of carbonyl (C=O) groups excluding carboxylic acids is 4. The number of allylic oxidation sites excluding steroid dienone is 1. The van der Waals surface area contributed by atoms with E-state index in [1.165, 1.54) is 17.4 Å². The fraction of sp³-hybridized carbons (Fsp3) is 0.610. The first-order valence-corrected chi connectivity index (χ1v) is 19.0. The summed E-state index contributed by atoms with van der Waals surface area (Å²) < 4.78 is 10.8. The number of carboxylic acid groups (broad SMARTS) is 2. The summed E-state index contributed by atoms with van der Waals surface area (Å²) in [7, 11) is 0. The van der Waals surface area contributed by atoms with Gasteiger partial charge in [-0.15, -0.1) is 5.92 Å². The molecule has 0 spiro atoms. The lowest BCUT2D eigenvalue weighted by Gasteiger charge is -2.30. The smallest absolute Gasteiger partial charge is 0.337 e. The number of unbranched alkanes of at least 4 members (excludes halogenated alkanes) is 8. The van der Waals surface area contributed by atoms with Gasteiger partial charge >= 0.3 is 17.9 Å². The van der Waals surface area contributed by atoms with Gasteiger partial charge in [0.05, 0.1) is 12.3 Å². The minimum atomic E-state index is -3.06. The number of aliphatic carboxylic acids is 2. The van der Waals surface area contributed by atoms with Crippen LogP contribution < -0.4 is 10.1 Å². The zero-order valence-corrected chi connectivity index (χ0v) is 32.4. The number of hydrogen-bond donors (Lipinski definition) is 4. The van der Waals surface area contributed by atoms with E-state index in [0.29, 0.717) is 50.1 Å². The van der Waals surface area contributed by atoms with E-state index in [4.69, 9.17) is 9.47 Å². The summed E-state index contributed by atoms with van der Waals surface area (Å²) in [5.41, 5.74) is -2.52. The van der Waals surface area contributed by atoms with Gasteiger partial charge in [-0.3, -0.25) is 19.2 Å². The molecule has 0 aliphatic rings. The standard InChI is InChI=1S/C41H60N2O11/c1-5-9-11-14-17-20-32(44)21-18-15-12-13-16-19-22-34(41(52,40(50)51)29-37(46)47)38(48)42-35(39(49)54-30-36(45)43(7-3)8-4)28-31-23-25-33(26-24-31)53-27-10-6-2/h19,22-26,34-35,52H,5,7-9,11-18,20-21,27-30H2,1-4H3,(H,42,48)(H,46,47)(H,50,51)/b22-19+/t34-,35+,41+/m1/s1. The molecule has 1 aromatic rings. The average Bonchev–Trinajstić information content (AvgIpc) is 3.13. The zero-order valence-electron chi connectivity index (χ0n) is 32.4. The second-order valence-corrected chi connectivity index (χ2v) is 13.2. The maximum absolute atomic E-state index is 13.8. The fourth-order valence-electron chi connectivity index (χ4n) is 5.74. The third kappa shape index (κ3) is 18.4. The van der Waals surface area contributed by atoms with Crippen molar-refractivity contribution in [2.24, 2.45) is 5.92 Å². The van der Waals surface area contributed by atoms with E-state index in [1.807, 2.05) is 0 Å². The van der Waals surface area contributed by atoms with E-state index in [9.17, 15) is 44.1 Å². The number of nitrogens with one attached hydrogen (secondary N) is 1. The molecule has 0 aliphatic carbocycles. The highest BCUT2D eigenvalue weighted by Gasteiger charge is 2.49. The van der Waals surface area contributed by atoms with Crippen molar-refractivity contribution in [3.05, 3.63) is 42.0 Å². The SMILES string of the molecule is CC#CCOc1ccc(C[C@H](NC(=O)[C@@H](/C=C/CCCCCCC(=O)CCCCCCC)[C@@](O)(CC(=O)O)C(=O)O)C(=O)OCC(=O)N(CC)CC)cc1. The predicted octanol–water partition coefficient (Wildman–Crippen LogP) is 5.26. The zero-order chi connectivity index (χ0) is 40.4. The molecule has 0 aromatic heterocycles. The number of Topliss-reactive ketones (excluding diaryl/α,β-unsaturated/α-hetero) is 1. The highest BCUT2D eigenvalue weighted by Crippen LogP contribution is 2.26. The van der Waals surface area contributed by atoms with E-state index in [2.05, 4.69) is 24.1 Å². The molecule has 1 aromatic carbocycles. The molecule has 13 nitrogen and oxygen atoms in total. The Labute approximate surface area is 319 Å². The fourth-order valence-corrected chi connectivity index (χ4v) is 5.74. The Morgan fingerprint density at radius 2 is 1.50 bits per heavy atom. The van der Waals surface area contributed by atoms with Gasteiger partial charge in [-0.1, -0.05) is 75.7 Å². The van der Waals surface area contributed by atoms with Gasteiger partial charge in [0, 0.05) is 32.4 Å². The molecule has 13 heteroatoms. The summed E-state index contributed by atoms with van der Waals surface area (Å²) in [4.78, 5) is 77.3. The number of esters is 1. The van der Waals surface area contributed by atoms with Crippen LogP contribution in [0.5, 0.6) is 5.75 Å². The minimum Gasteiger partial charge on any atom is -0.481 e. The summed E-state index contributed by atoms with van der Waals surface area (Å²) >= 11 is 0. The number of nitrogens with zero attached hydrogens (tertiary/aromatic N) is 1. The van der Waals surface area contributed by atoms with Crippen LogP contribution in [0.25, 0.3) is 0 Å². The maximum atomic E-state index is 13.8. The molecule has 54 heavy (non-hydrogen) atoms. The molecule has 1 rings (SSSR count). The van der Waals surface area contributed by atoms with E-state index >= 15 is 0 Å². The van der Waals surface area contributed by atoms with Gasteiger partial charge in [0.25, 0.3) is 5.91 Å². The molecule has 0 unspecified atom stereocenters. The van der Waals surface area contributed by atoms with Crippen molar-refractivity contribution in [2.45, 2.75) is 129 Å². The number of ether oxygens (including phenoxy) is 2. The number of benzene rings is 1. The molecule has 0 bridgehead atoms. The van der Waals surface area contributed by atoms with Crippen LogP contribution in [0.1, 0.15) is 117 Å². The van der Waals surface area contributed by atoms with Gasteiger partial charge in [-0.25, -0.2) is 9.59 Å².